The summed E-state index contributed by atoms with van der Waals surface area (Å²) in [5.74, 6) is -0.419. The van der Waals surface area contributed by atoms with Crippen molar-refractivity contribution >= 4 is 17.4 Å². The molecule has 0 N–H and O–H groups in total. The van der Waals surface area contributed by atoms with Gasteiger partial charge in [0.05, 0.1) is 18.8 Å². The second-order valence-electron chi connectivity index (χ2n) is 6.73. The number of morpholine rings is 1. The Kier molecular flexibility index (Phi) is 5.74. The number of hydrogen-bond acceptors (Lipinski definition) is 5. The highest BCUT2D eigenvalue weighted by molar-refractivity contribution is 6.35. The van der Waals surface area contributed by atoms with Crippen LogP contribution in [0.15, 0.2) is 23.9 Å². The average Bonchev–Trinajstić information content (AvgIpc) is 2.89. The molecule has 0 radical (unpaired) electrons. The van der Waals surface area contributed by atoms with Gasteiger partial charge in [-0.3, -0.25) is 14.5 Å². The van der Waals surface area contributed by atoms with Gasteiger partial charge < -0.3 is 14.4 Å². The fraction of sp³-hybridized carbons (Fsp3) is 0.500. The Hall–Kier alpha value is -2.18. The van der Waals surface area contributed by atoms with E-state index in [1.54, 1.807) is 7.11 Å². The molecule has 0 bridgehead atoms. The van der Waals surface area contributed by atoms with Crippen molar-refractivity contribution in [3.05, 3.63) is 40.6 Å². The number of carbonyl (C=O) groups is 2. The molecule has 2 amide bonds. The monoisotopic (exact) mass is 358 g/mol. The van der Waals surface area contributed by atoms with Crippen molar-refractivity contribution in [2.24, 2.45) is 0 Å². The third-order valence-corrected chi connectivity index (χ3v) is 5.00. The zero-order valence-corrected chi connectivity index (χ0v) is 15.7. The lowest BCUT2D eigenvalue weighted by Gasteiger charge is -2.29. The number of carbonyl (C=O) groups excluding carboxylic acids is 2. The Morgan fingerprint density at radius 2 is 1.81 bits per heavy atom. The number of benzene rings is 1. The van der Waals surface area contributed by atoms with E-state index in [0.717, 1.165) is 16.7 Å². The van der Waals surface area contributed by atoms with Crippen LogP contribution in [0.3, 0.4) is 0 Å². The van der Waals surface area contributed by atoms with Crippen molar-refractivity contribution in [3.63, 3.8) is 0 Å². The molecular weight excluding hydrogens is 332 g/mol. The van der Waals surface area contributed by atoms with Crippen molar-refractivity contribution in [2.75, 3.05) is 46.6 Å². The van der Waals surface area contributed by atoms with Crippen LogP contribution in [0.1, 0.15) is 23.1 Å². The fourth-order valence-electron chi connectivity index (χ4n) is 3.37. The highest BCUT2D eigenvalue weighted by Gasteiger charge is 2.41. The van der Waals surface area contributed by atoms with Crippen LogP contribution in [0.2, 0.25) is 0 Å². The molecule has 0 saturated carbocycles. The third kappa shape index (κ3) is 3.52. The zero-order chi connectivity index (χ0) is 18.7. The van der Waals surface area contributed by atoms with E-state index in [0.29, 0.717) is 57.1 Å². The molecule has 1 fully saturated rings. The summed E-state index contributed by atoms with van der Waals surface area (Å²) in [7, 11) is 1.62. The Bertz CT molecular complexity index is 735. The molecule has 1 saturated heterocycles. The van der Waals surface area contributed by atoms with Gasteiger partial charge in [0.25, 0.3) is 11.8 Å². The molecule has 26 heavy (non-hydrogen) atoms. The van der Waals surface area contributed by atoms with Gasteiger partial charge in [0, 0.05) is 33.4 Å². The van der Waals surface area contributed by atoms with Crippen molar-refractivity contribution < 1.29 is 19.1 Å². The first kappa shape index (κ1) is 18.6. The fourth-order valence-corrected chi connectivity index (χ4v) is 3.37. The summed E-state index contributed by atoms with van der Waals surface area (Å²) in [6.07, 6.45) is 0.630. The summed E-state index contributed by atoms with van der Waals surface area (Å²) in [5.41, 5.74) is 4.10. The van der Waals surface area contributed by atoms with E-state index in [9.17, 15) is 9.59 Å². The second-order valence-corrected chi connectivity index (χ2v) is 6.73. The molecule has 140 valence electrons. The molecule has 1 aromatic rings. The molecule has 0 atom stereocenters. The van der Waals surface area contributed by atoms with Crippen molar-refractivity contribution in [2.45, 2.75) is 20.3 Å². The summed E-state index contributed by atoms with van der Waals surface area (Å²) < 4.78 is 10.5. The summed E-state index contributed by atoms with van der Waals surface area (Å²) >= 11 is 0. The van der Waals surface area contributed by atoms with Gasteiger partial charge in [0.2, 0.25) is 0 Å². The van der Waals surface area contributed by atoms with Gasteiger partial charge in [-0.25, -0.2) is 0 Å². The number of amides is 2. The molecule has 0 spiro atoms. The van der Waals surface area contributed by atoms with Gasteiger partial charge in [-0.05, 0) is 37.0 Å². The Labute approximate surface area is 154 Å². The van der Waals surface area contributed by atoms with Crippen LogP contribution in [0.5, 0.6) is 0 Å². The highest BCUT2D eigenvalue weighted by atomic mass is 16.5. The largest absolute Gasteiger partial charge is 0.385 e. The Morgan fingerprint density at radius 1 is 1.08 bits per heavy atom. The molecular formula is C20H26N2O4. The molecule has 1 aromatic carbocycles. The van der Waals surface area contributed by atoms with Crippen LogP contribution in [0.25, 0.3) is 5.57 Å². The maximum Gasteiger partial charge on any atom is 0.277 e. The van der Waals surface area contributed by atoms with Gasteiger partial charge in [-0.2, -0.15) is 0 Å². The Morgan fingerprint density at radius 3 is 2.46 bits per heavy atom. The minimum absolute atomic E-state index is 0.207. The predicted octanol–water partition coefficient (Wildman–Crippen LogP) is 1.75. The average molecular weight is 358 g/mol. The third-order valence-electron chi connectivity index (χ3n) is 5.00. The molecule has 3 rings (SSSR count). The van der Waals surface area contributed by atoms with E-state index in [-0.39, 0.29) is 11.8 Å². The van der Waals surface area contributed by atoms with Crippen molar-refractivity contribution in [3.8, 4) is 0 Å². The van der Waals surface area contributed by atoms with E-state index in [1.165, 1.54) is 4.90 Å². The molecule has 6 nitrogen and oxygen atoms in total. The smallest absolute Gasteiger partial charge is 0.277 e. The summed E-state index contributed by atoms with van der Waals surface area (Å²) in [6, 6.07) is 5.93. The molecule has 2 aliphatic rings. The van der Waals surface area contributed by atoms with Gasteiger partial charge in [0.1, 0.15) is 5.70 Å². The zero-order valence-electron chi connectivity index (χ0n) is 15.7. The number of aryl methyl sites for hydroxylation is 2. The van der Waals surface area contributed by atoms with E-state index in [1.807, 2.05) is 36.9 Å². The number of methoxy groups -OCH3 is 1. The molecule has 2 aliphatic heterocycles. The minimum atomic E-state index is -0.212. The molecule has 0 unspecified atom stereocenters. The van der Waals surface area contributed by atoms with Gasteiger partial charge in [-0.15, -0.1) is 0 Å². The lowest BCUT2D eigenvalue weighted by Crippen LogP contribution is -2.40. The van der Waals surface area contributed by atoms with Crippen LogP contribution in [0, 0.1) is 13.8 Å². The topological polar surface area (TPSA) is 59.1 Å². The molecule has 2 heterocycles. The van der Waals surface area contributed by atoms with Crippen LogP contribution in [-0.4, -0.2) is 68.2 Å². The molecule has 0 aliphatic carbocycles. The van der Waals surface area contributed by atoms with Gasteiger partial charge >= 0.3 is 0 Å². The van der Waals surface area contributed by atoms with Crippen molar-refractivity contribution in [1.82, 2.24) is 9.80 Å². The molecule has 0 aromatic heterocycles. The van der Waals surface area contributed by atoms with E-state index < -0.39 is 0 Å². The summed E-state index contributed by atoms with van der Waals surface area (Å²) in [6.45, 7) is 7.31. The number of rotatable bonds is 6. The SMILES string of the molecule is COCCCN1C(=O)C(c2ccc(C)c(C)c2)=C(N2CCOCC2)C1=O. The Balaban J connectivity index is 2.00. The maximum atomic E-state index is 13.1. The number of ether oxygens (including phenoxy) is 2. The predicted molar refractivity (Wildman–Crippen MR) is 98.4 cm³/mol. The minimum Gasteiger partial charge on any atom is -0.385 e. The van der Waals surface area contributed by atoms with E-state index in [4.69, 9.17) is 9.47 Å². The number of hydrogen-bond donors (Lipinski definition) is 0. The van der Waals surface area contributed by atoms with E-state index in [2.05, 4.69) is 0 Å². The lowest BCUT2D eigenvalue weighted by atomic mass is 9.99. The van der Waals surface area contributed by atoms with Crippen LogP contribution < -0.4 is 0 Å². The van der Waals surface area contributed by atoms with Crippen LogP contribution in [-0.2, 0) is 19.1 Å². The first-order chi connectivity index (χ1) is 12.5. The van der Waals surface area contributed by atoms with Gasteiger partial charge in [-0.1, -0.05) is 18.2 Å². The summed E-state index contributed by atoms with van der Waals surface area (Å²) in [4.78, 5) is 29.5. The lowest BCUT2D eigenvalue weighted by molar-refractivity contribution is -0.138. The number of imide groups is 1. The number of nitrogens with zero attached hydrogens (tertiary/aromatic N) is 2. The van der Waals surface area contributed by atoms with Gasteiger partial charge in [0.15, 0.2) is 0 Å². The van der Waals surface area contributed by atoms with Crippen LogP contribution >= 0.6 is 0 Å². The first-order valence-electron chi connectivity index (χ1n) is 9.04. The van der Waals surface area contributed by atoms with E-state index >= 15 is 0 Å². The second kappa shape index (κ2) is 8.01. The quantitative estimate of drug-likeness (QED) is 0.573. The highest BCUT2D eigenvalue weighted by Crippen LogP contribution is 2.33. The molecule has 6 heteroatoms. The summed E-state index contributed by atoms with van der Waals surface area (Å²) in [5, 5.41) is 0. The standard InChI is InChI=1S/C20H26N2O4/c1-14-5-6-16(13-15(14)2)17-18(21-8-11-26-12-9-21)20(24)22(19(17)23)7-4-10-25-3/h5-6,13H,4,7-12H2,1-3H3. The first-order valence-corrected chi connectivity index (χ1v) is 9.04. The normalized spacial score (nSPS) is 18.3. The van der Waals surface area contributed by atoms with Crippen LogP contribution in [0.4, 0.5) is 0 Å². The maximum absolute atomic E-state index is 13.1. The van der Waals surface area contributed by atoms with Crippen molar-refractivity contribution in [1.29, 1.82) is 0 Å².